The summed E-state index contributed by atoms with van der Waals surface area (Å²) in [5.74, 6) is 1.05. The monoisotopic (exact) mass is 279 g/mol. The summed E-state index contributed by atoms with van der Waals surface area (Å²) in [5.41, 5.74) is 3.05. The van der Waals surface area contributed by atoms with Gasteiger partial charge < -0.3 is 9.47 Å². The molecule has 1 rings (SSSR count). The smallest absolute Gasteiger partial charge is 0.413 e. The number of methoxy groups -OCH3 is 2. The quantitative estimate of drug-likeness (QED) is 0.813. The van der Waals surface area contributed by atoms with Gasteiger partial charge in [-0.15, -0.1) is 0 Å². The highest BCUT2D eigenvalue weighted by atomic mass is 19.4. The van der Waals surface area contributed by atoms with E-state index in [9.17, 15) is 13.2 Å². The first-order valence-electron chi connectivity index (χ1n) is 5.53. The van der Waals surface area contributed by atoms with E-state index in [-0.39, 0.29) is 0 Å². The molecule has 1 aromatic rings. The van der Waals surface area contributed by atoms with Gasteiger partial charge in [-0.1, -0.05) is 6.07 Å². The molecule has 0 bridgehead atoms. The van der Waals surface area contributed by atoms with Crippen LogP contribution in [-0.2, 0) is 4.84 Å². The van der Waals surface area contributed by atoms with Gasteiger partial charge in [-0.2, -0.15) is 18.7 Å². The van der Waals surface area contributed by atoms with Crippen LogP contribution < -0.4 is 15.0 Å². The van der Waals surface area contributed by atoms with Gasteiger partial charge in [0.1, 0.15) is 0 Å². The second-order valence-electron chi connectivity index (χ2n) is 3.86. The minimum atomic E-state index is -4.36. The zero-order valence-corrected chi connectivity index (χ0v) is 10.9. The van der Waals surface area contributed by atoms with Crippen LogP contribution >= 0.6 is 0 Å². The lowest BCUT2D eigenvalue weighted by atomic mass is 10.1. The summed E-state index contributed by atoms with van der Waals surface area (Å²) in [6, 6.07) is 4.65. The van der Waals surface area contributed by atoms with Crippen molar-refractivity contribution in [2.75, 3.05) is 20.8 Å². The van der Waals surface area contributed by atoms with Crippen LogP contribution in [0, 0.1) is 0 Å². The van der Waals surface area contributed by atoms with Crippen LogP contribution in [0.3, 0.4) is 0 Å². The predicted octanol–water partition coefficient (Wildman–Crippen LogP) is 2.85. The standard InChI is InChI=1S/C12H16F3NO3/c1-8(16-19-7-12(13,14)15)9-4-5-10(17-2)11(6-9)18-3/h4-6,8,16H,7H2,1-3H3. The Morgan fingerprint density at radius 2 is 1.79 bits per heavy atom. The van der Waals surface area contributed by atoms with E-state index in [1.807, 2.05) is 0 Å². The number of hydroxylamine groups is 1. The highest BCUT2D eigenvalue weighted by Gasteiger charge is 2.28. The number of rotatable bonds is 6. The SMILES string of the molecule is COc1ccc(C(C)NOCC(F)(F)F)cc1OC. The summed E-state index contributed by atoms with van der Waals surface area (Å²) in [6.07, 6.45) is -4.36. The van der Waals surface area contributed by atoms with E-state index >= 15 is 0 Å². The first kappa shape index (κ1) is 15.6. The molecule has 0 radical (unpaired) electrons. The van der Waals surface area contributed by atoms with Gasteiger partial charge >= 0.3 is 6.18 Å². The number of nitrogens with one attached hydrogen (secondary N) is 1. The fourth-order valence-corrected chi connectivity index (χ4v) is 1.44. The normalized spacial score (nSPS) is 13.2. The van der Waals surface area contributed by atoms with E-state index in [1.54, 1.807) is 25.1 Å². The fourth-order valence-electron chi connectivity index (χ4n) is 1.44. The maximum atomic E-state index is 11.9. The van der Waals surface area contributed by atoms with Crippen molar-refractivity contribution < 1.29 is 27.5 Å². The van der Waals surface area contributed by atoms with Crippen molar-refractivity contribution in [2.45, 2.75) is 19.1 Å². The average Bonchev–Trinajstić information content (AvgIpc) is 2.36. The van der Waals surface area contributed by atoms with Crippen molar-refractivity contribution >= 4 is 0 Å². The van der Waals surface area contributed by atoms with Crippen LogP contribution in [0.4, 0.5) is 13.2 Å². The number of hydrogen-bond acceptors (Lipinski definition) is 4. The molecule has 1 N–H and O–H groups in total. The van der Waals surface area contributed by atoms with E-state index in [1.165, 1.54) is 14.2 Å². The van der Waals surface area contributed by atoms with Gasteiger partial charge in [-0.25, -0.2) is 0 Å². The topological polar surface area (TPSA) is 39.7 Å². The lowest BCUT2D eigenvalue weighted by molar-refractivity contribution is -0.192. The minimum Gasteiger partial charge on any atom is -0.493 e. The molecule has 1 aromatic carbocycles. The van der Waals surface area contributed by atoms with Gasteiger partial charge in [0.2, 0.25) is 0 Å². The molecule has 1 atom stereocenters. The fraction of sp³-hybridized carbons (Fsp3) is 0.500. The second kappa shape index (κ2) is 6.63. The average molecular weight is 279 g/mol. The van der Waals surface area contributed by atoms with Crippen LogP contribution in [0.1, 0.15) is 18.5 Å². The maximum Gasteiger partial charge on any atom is 0.413 e. The summed E-state index contributed by atoms with van der Waals surface area (Å²) >= 11 is 0. The van der Waals surface area contributed by atoms with Crippen molar-refractivity contribution in [2.24, 2.45) is 0 Å². The van der Waals surface area contributed by atoms with E-state index in [0.717, 1.165) is 5.56 Å². The molecule has 0 spiro atoms. The molecule has 0 aliphatic heterocycles. The van der Waals surface area contributed by atoms with Gasteiger partial charge in [-0.3, -0.25) is 4.84 Å². The Labute approximate surface area is 109 Å². The molecule has 4 nitrogen and oxygen atoms in total. The molecule has 0 aromatic heterocycles. The van der Waals surface area contributed by atoms with Crippen LogP contribution in [0.15, 0.2) is 18.2 Å². The lowest BCUT2D eigenvalue weighted by Crippen LogP contribution is -2.26. The second-order valence-corrected chi connectivity index (χ2v) is 3.86. The van der Waals surface area contributed by atoms with Crippen molar-refractivity contribution in [1.29, 1.82) is 0 Å². The maximum absolute atomic E-state index is 11.9. The minimum absolute atomic E-state index is 0.415. The Morgan fingerprint density at radius 3 is 2.32 bits per heavy atom. The van der Waals surface area contributed by atoms with Gasteiger partial charge in [0.25, 0.3) is 0 Å². The van der Waals surface area contributed by atoms with E-state index < -0.39 is 18.8 Å². The first-order chi connectivity index (χ1) is 8.87. The molecule has 0 saturated heterocycles. The number of benzene rings is 1. The largest absolute Gasteiger partial charge is 0.493 e. The third kappa shape index (κ3) is 4.96. The van der Waals surface area contributed by atoms with Crippen LogP contribution in [-0.4, -0.2) is 27.0 Å². The molecule has 0 heterocycles. The van der Waals surface area contributed by atoms with Crippen LogP contribution in [0.5, 0.6) is 11.5 Å². The Bertz CT molecular complexity index is 410. The Morgan fingerprint density at radius 1 is 1.16 bits per heavy atom. The molecule has 0 aliphatic rings. The predicted molar refractivity (Wildman–Crippen MR) is 63.1 cm³/mol. The Balaban J connectivity index is 2.64. The first-order valence-corrected chi connectivity index (χ1v) is 5.53. The van der Waals surface area contributed by atoms with Gasteiger partial charge in [0.05, 0.1) is 20.3 Å². The Hall–Kier alpha value is -1.47. The molecule has 0 aliphatic carbocycles. The zero-order valence-electron chi connectivity index (χ0n) is 10.9. The molecular weight excluding hydrogens is 263 g/mol. The van der Waals surface area contributed by atoms with Crippen molar-refractivity contribution in [3.05, 3.63) is 23.8 Å². The van der Waals surface area contributed by atoms with Crippen molar-refractivity contribution in [1.82, 2.24) is 5.48 Å². The number of halogens is 3. The van der Waals surface area contributed by atoms with Crippen molar-refractivity contribution in [3.8, 4) is 11.5 Å². The molecule has 1 unspecified atom stereocenters. The summed E-state index contributed by atoms with van der Waals surface area (Å²) in [6.45, 7) is 0.336. The third-order valence-corrected chi connectivity index (χ3v) is 2.40. The van der Waals surface area contributed by atoms with Crippen LogP contribution in [0.2, 0.25) is 0 Å². The van der Waals surface area contributed by atoms with E-state index in [0.29, 0.717) is 11.5 Å². The molecule has 7 heteroatoms. The zero-order chi connectivity index (χ0) is 14.5. The lowest BCUT2D eigenvalue weighted by Gasteiger charge is -2.17. The number of hydrogen-bond donors (Lipinski definition) is 1. The summed E-state index contributed by atoms with van der Waals surface area (Å²) in [4.78, 5) is 4.40. The highest BCUT2D eigenvalue weighted by molar-refractivity contribution is 5.43. The molecular formula is C12H16F3NO3. The molecule has 108 valence electrons. The van der Waals surface area contributed by atoms with Gasteiger partial charge in [0, 0.05) is 0 Å². The van der Waals surface area contributed by atoms with Crippen molar-refractivity contribution in [3.63, 3.8) is 0 Å². The van der Waals surface area contributed by atoms with Gasteiger partial charge in [-0.05, 0) is 24.6 Å². The molecule has 0 amide bonds. The highest BCUT2D eigenvalue weighted by Crippen LogP contribution is 2.29. The van der Waals surface area contributed by atoms with E-state index in [4.69, 9.17) is 9.47 Å². The number of alkyl halides is 3. The third-order valence-electron chi connectivity index (χ3n) is 2.40. The molecule has 0 saturated carbocycles. The Kier molecular flexibility index (Phi) is 5.44. The number of ether oxygens (including phenoxy) is 2. The molecule has 19 heavy (non-hydrogen) atoms. The molecule has 0 fully saturated rings. The summed E-state index contributed by atoms with van der Waals surface area (Å²) in [7, 11) is 2.99. The van der Waals surface area contributed by atoms with Gasteiger partial charge in [0.15, 0.2) is 18.1 Å². The van der Waals surface area contributed by atoms with Crippen LogP contribution in [0.25, 0.3) is 0 Å². The van der Waals surface area contributed by atoms with E-state index in [2.05, 4.69) is 10.3 Å². The summed E-state index contributed by atoms with van der Waals surface area (Å²) < 4.78 is 46.0. The summed E-state index contributed by atoms with van der Waals surface area (Å²) in [5, 5.41) is 0.